The van der Waals surface area contributed by atoms with Crippen molar-refractivity contribution in [1.29, 1.82) is 0 Å². The number of rotatable bonds is 9. The van der Waals surface area contributed by atoms with E-state index in [1.165, 1.54) is 0 Å². The monoisotopic (exact) mass is 343 g/mol. The minimum absolute atomic E-state index is 0.0602. The lowest BCUT2D eigenvalue weighted by molar-refractivity contribution is -0.125. The quantitative estimate of drug-likeness (QED) is 0.760. The van der Waals surface area contributed by atoms with Gasteiger partial charge in [-0.3, -0.25) is 4.79 Å². The fourth-order valence-corrected chi connectivity index (χ4v) is 2.29. The van der Waals surface area contributed by atoms with Gasteiger partial charge in [0.15, 0.2) is 6.61 Å². The van der Waals surface area contributed by atoms with Crippen molar-refractivity contribution in [3.8, 4) is 11.5 Å². The highest BCUT2D eigenvalue weighted by atomic mass is 16.5. The van der Waals surface area contributed by atoms with Crippen LogP contribution in [0, 0.1) is 0 Å². The summed E-state index contributed by atoms with van der Waals surface area (Å²) in [7, 11) is 1.59. The molecule has 1 amide bonds. The van der Waals surface area contributed by atoms with Crippen molar-refractivity contribution in [2.75, 3.05) is 20.3 Å². The van der Waals surface area contributed by atoms with Crippen molar-refractivity contribution >= 4 is 5.91 Å². The van der Waals surface area contributed by atoms with Crippen molar-refractivity contribution in [2.24, 2.45) is 0 Å². The van der Waals surface area contributed by atoms with Crippen LogP contribution < -0.4 is 14.8 Å². The van der Waals surface area contributed by atoms with Crippen molar-refractivity contribution < 1.29 is 19.0 Å². The fourth-order valence-electron chi connectivity index (χ4n) is 2.29. The van der Waals surface area contributed by atoms with Gasteiger partial charge in [-0.15, -0.1) is 0 Å². The second kappa shape index (κ2) is 9.08. The zero-order chi connectivity index (χ0) is 18.1. The second-order valence-electron chi connectivity index (χ2n) is 6.38. The van der Waals surface area contributed by atoms with Crippen molar-refractivity contribution in [3.63, 3.8) is 0 Å². The molecular weight excluding hydrogens is 318 g/mol. The van der Waals surface area contributed by atoms with Gasteiger partial charge in [0.05, 0.1) is 25.9 Å². The Morgan fingerprint density at radius 2 is 1.76 bits per heavy atom. The van der Waals surface area contributed by atoms with Gasteiger partial charge in [-0.25, -0.2) is 0 Å². The number of nitrogens with one attached hydrogen (secondary N) is 1. The molecule has 0 aliphatic carbocycles. The molecule has 0 atom stereocenters. The first-order valence-corrected chi connectivity index (χ1v) is 8.18. The van der Waals surface area contributed by atoms with Crippen LogP contribution in [0.4, 0.5) is 0 Å². The molecule has 2 aromatic rings. The molecule has 25 heavy (non-hydrogen) atoms. The minimum atomic E-state index is -0.483. The zero-order valence-electron chi connectivity index (χ0n) is 15.0. The smallest absolute Gasteiger partial charge is 0.258 e. The fraction of sp³-hybridized carbons (Fsp3) is 0.350. The van der Waals surface area contributed by atoms with Crippen molar-refractivity contribution in [3.05, 3.63) is 60.2 Å². The number of ether oxygens (including phenoxy) is 3. The summed E-state index contributed by atoms with van der Waals surface area (Å²) in [4.78, 5) is 12.1. The lowest BCUT2D eigenvalue weighted by atomic mass is 10.1. The van der Waals surface area contributed by atoms with Crippen molar-refractivity contribution in [2.45, 2.75) is 26.0 Å². The Labute approximate surface area is 148 Å². The first kappa shape index (κ1) is 18.8. The van der Waals surface area contributed by atoms with Crippen LogP contribution in [0.15, 0.2) is 54.6 Å². The summed E-state index contributed by atoms with van der Waals surface area (Å²) in [6.45, 7) is 4.70. The van der Waals surface area contributed by atoms with E-state index in [-0.39, 0.29) is 12.5 Å². The van der Waals surface area contributed by atoms with Gasteiger partial charge in [0.2, 0.25) is 0 Å². The number of hydrogen-bond donors (Lipinski definition) is 1. The van der Waals surface area contributed by atoms with Crippen LogP contribution in [0.2, 0.25) is 0 Å². The van der Waals surface area contributed by atoms with Crippen LogP contribution in [-0.4, -0.2) is 31.8 Å². The molecule has 2 rings (SSSR count). The number of carbonyl (C=O) groups is 1. The molecule has 0 spiro atoms. The predicted octanol–water partition coefficient (Wildman–Crippen LogP) is 3.19. The molecule has 0 saturated heterocycles. The van der Waals surface area contributed by atoms with Gasteiger partial charge < -0.3 is 19.5 Å². The molecule has 0 saturated carbocycles. The highest BCUT2D eigenvalue weighted by Crippen LogP contribution is 2.18. The van der Waals surface area contributed by atoms with E-state index in [2.05, 4.69) is 5.32 Å². The largest absolute Gasteiger partial charge is 0.497 e. The summed E-state index contributed by atoms with van der Waals surface area (Å²) >= 11 is 0. The summed E-state index contributed by atoms with van der Waals surface area (Å²) in [5.41, 5.74) is 0.620. The summed E-state index contributed by atoms with van der Waals surface area (Å²) in [6, 6.07) is 17.1. The lowest BCUT2D eigenvalue weighted by Gasteiger charge is -2.26. The topological polar surface area (TPSA) is 56.8 Å². The third-order valence-corrected chi connectivity index (χ3v) is 3.46. The molecule has 0 unspecified atom stereocenters. The van der Waals surface area contributed by atoms with E-state index in [1.54, 1.807) is 19.2 Å². The van der Waals surface area contributed by atoms with Crippen LogP contribution >= 0.6 is 0 Å². The first-order chi connectivity index (χ1) is 12.0. The van der Waals surface area contributed by atoms with E-state index < -0.39 is 5.54 Å². The highest BCUT2D eigenvalue weighted by molar-refractivity contribution is 5.78. The van der Waals surface area contributed by atoms with E-state index in [0.29, 0.717) is 24.7 Å². The molecule has 0 aliphatic heterocycles. The number of benzene rings is 2. The first-order valence-electron chi connectivity index (χ1n) is 8.18. The van der Waals surface area contributed by atoms with Gasteiger partial charge in [-0.1, -0.05) is 36.4 Å². The van der Waals surface area contributed by atoms with Crippen LogP contribution in [-0.2, 0) is 16.1 Å². The summed E-state index contributed by atoms with van der Waals surface area (Å²) < 4.78 is 16.3. The van der Waals surface area contributed by atoms with Gasteiger partial charge in [-0.2, -0.15) is 0 Å². The van der Waals surface area contributed by atoms with Crippen molar-refractivity contribution in [1.82, 2.24) is 5.32 Å². The number of hydrogen-bond acceptors (Lipinski definition) is 4. The summed E-state index contributed by atoms with van der Waals surface area (Å²) in [5, 5.41) is 2.92. The normalized spacial score (nSPS) is 11.0. The molecule has 1 N–H and O–H groups in total. The van der Waals surface area contributed by atoms with Crippen LogP contribution in [0.5, 0.6) is 11.5 Å². The number of methoxy groups -OCH3 is 1. The Morgan fingerprint density at radius 1 is 1.04 bits per heavy atom. The minimum Gasteiger partial charge on any atom is -0.497 e. The zero-order valence-corrected chi connectivity index (χ0v) is 15.0. The molecule has 0 radical (unpaired) electrons. The Kier molecular flexibility index (Phi) is 6.83. The van der Waals surface area contributed by atoms with Gasteiger partial charge >= 0.3 is 0 Å². The SMILES string of the molecule is COc1cccc(OCC(=O)NC(C)(C)COCc2ccccc2)c1. The van der Waals surface area contributed by atoms with E-state index in [1.807, 2.05) is 56.3 Å². The molecular formula is C20H25NO4. The van der Waals surface area contributed by atoms with Crippen LogP contribution in [0.1, 0.15) is 19.4 Å². The lowest BCUT2D eigenvalue weighted by Crippen LogP contribution is -2.48. The summed E-state index contributed by atoms with van der Waals surface area (Å²) in [5.74, 6) is 1.08. The second-order valence-corrected chi connectivity index (χ2v) is 6.38. The van der Waals surface area contributed by atoms with E-state index in [9.17, 15) is 4.79 Å². The standard InChI is InChI=1S/C20H25NO4/c1-20(2,15-24-13-16-8-5-4-6-9-16)21-19(22)14-25-18-11-7-10-17(12-18)23-3/h4-12H,13-15H2,1-3H3,(H,21,22). The molecule has 0 aliphatic rings. The third kappa shape index (κ3) is 6.85. The predicted molar refractivity (Wildman–Crippen MR) is 96.8 cm³/mol. The maximum absolute atomic E-state index is 12.1. The Balaban J connectivity index is 1.74. The van der Waals surface area contributed by atoms with Crippen LogP contribution in [0.3, 0.4) is 0 Å². The Hall–Kier alpha value is -2.53. The number of amides is 1. The molecule has 5 heteroatoms. The highest BCUT2D eigenvalue weighted by Gasteiger charge is 2.21. The van der Waals surface area contributed by atoms with Crippen LogP contribution in [0.25, 0.3) is 0 Å². The van der Waals surface area contributed by atoms with E-state index >= 15 is 0 Å². The van der Waals surface area contributed by atoms with E-state index in [4.69, 9.17) is 14.2 Å². The van der Waals surface area contributed by atoms with Gasteiger partial charge in [0.1, 0.15) is 11.5 Å². The maximum atomic E-state index is 12.1. The van der Waals surface area contributed by atoms with Gasteiger partial charge in [0, 0.05) is 6.07 Å². The maximum Gasteiger partial charge on any atom is 0.258 e. The van der Waals surface area contributed by atoms with E-state index in [0.717, 1.165) is 5.56 Å². The van der Waals surface area contributed by atoms with Gasteiger partial charge in [0.25, 0.3) is 5.91 Å². The molecule has 0 aromatic heterocycles. The molecule has 5 nitrogen and oxygen atoms in total. The Morgan fingerprint density at radius 3 is 2.48 bits per heavy atom. The third-order valence-electron chi connectivity index (χ3n) is 3.46. The molecule has 0 heterocycles. The molecule has 0 fully saturated rings. The average molecular weight is 343 g/mol. The summed E-state index contributed by atoms with van der Waals surface area (Å²) in [6.07, 6.45) is 0. The van der Waals surface area contributed by atoms with Gasteiger partial charge in [-0.05, 0) is 31.5 Å². The molecule has 0 bridgehead atoms. The number of carbonyl (C=O) groups excluding carboxylic acids is 1. The molecule has 2 aromatic carbocycles. The Bertz CT molecular complexity index is 670. The molecule has 134 valence electrons. The average Bonchev–Trinajstić information content (AvgIpc) is 2.60.